The Bertz CT molecular complexity index is 754. The van der Waals surface area contributed by atoms with Gasteiger partial charge in [-0.15, -0.1) is 0 Å². The number of hydrogen-bond donors (Lipinski definition) is 1. The maximum Gasteiger partial charge on any atom is 0.223 e. The van der Waals surface area contributed by atoms with E-state index in [1.807, 2.05) is 0 Å². The van der Waals surface area contributed by atoms with E-state index in [1.165, 1.54) is 18.4 Å². The van der Waals surface area contributed by atoms with Gasteiger partial charge in [-0.2, -0.15) is 0 Å². The van der Waals surface area contributed by atoms with Crippen molar-refractivity contribution in [3.63, 3.8) is 0 Å². The summed E-state index contributed by atoms with van der Waals surface area (Å²) in [6.45, 7) is 5.13. The van der Waals surface area contributed by atoms with Crippen LogP contribution in [-0.4, -0.2) is 34.6 Å². The largest absolute Gasteiger partial charge is 0.353 e. The van der Waals surface area contributed by atoms with E-state index in [-0.39, 0.29) is 5.92 Å². The molecule has 1 amide bonds. The van der Waals surface area contributed by atoms with Crippen LogP contribution in [0, 0.1) is 5.92 Å². The summed E-state index contributed by atoms with van der Waals surface area (Å²) < 4.78 is 2.35. The number of aryl methyl sites for hydroxylation is 1. The molecule has 1 N–H and O–H groups in total. The molecule has 1 saturated carbocycles. The van der Waals surface area contributed by atoms with Crippen molar-refractivity contribution in [1.82, 2.24) is 14.9 Å². The highest BCUT2D eigenvalue weighted by molar-refractivity contribution is 5.80. The smallest absolute Gasteiger partial charge is 0.223 e. The van der Waals surface area contributed by atoms with E-state index >= 15 is 0 Å². The third-order valence-corrected chi connectivity index (χ3v) is 5.93. The van der Waals surface area contributed by atoms with Crippen LogP contribution in [0.3, 0.4) is 0 Å². The maximum atomic E-state index is 12.4. The van der Waals surface area contributed by atoms with Gasteiger partial charge in [0.15, 0.2) is 0 Å². The predicted octanol–water partition coefficient (Wildman–Crippen LogP) is 3.72. The fourth-order valence-corrected chi connectivity index (χ4v) is 4.48. The van der Waals surface area contributed by atoms with Gasteiger partial charge in [0.1, 0.15) is 0 Å². The molecule has 0 unspecified atom stereocenters. The molecular weight excluding hydrogens is 324 g/mol. The summed E-state index contributed by atoms with van der Waals surface area (Å²) in [7, 11) is 0. The fourth-order valence-electron chi connectivity index (χ4n) is 4.48. The van der Waals surface area contributed by atoms with Crippen molar-refractivity contribution in [2.75, 3.05) is 18.0 Å². The summed E-state index contributed by atoms with van der Waals surface area (Å²) in [6, 6.07) is 8.73. The number of imidazole rings is 1. The molecule has 140 valence electrons. The van der Waals surface area contributed by atoms with Crippen molar-refractivity contribution in [2.45, 2.75) is 64.5 Å². The molecule has 0 bridgehead atoms. The first kappa shape index (κ1) is 17.4. The normalized spacial score (nSPS) is 19.3. The van der Waals surface area contributed by atoms with Crippen LogP contribution in [0.15, 0.2) is 24.3 Å². The Morgan fingerprint density at radius 2 is 1.88 bits per heavy atom. The lowest BCUT2D eigenvalue weighted by Crippen LogP contribution is -2.46. The van der Waals surface area contributed by atoms with Crippen molar-refractivity contribution < 1.29 is 4.79 Å². The average Bonchev–Trinajstić information content (AvgIpc) is 3.32. The number of hydrogen-bond acceptors (Lipinski definition) is 3. The minimum Gasteiger partial charge on any atom is -0.353 e. The molecule has 2 heterocycles. The molecule has 1 aromatic carbocycles. The van der Waals surface area contributed by atoms with Crippen molar-refractivity contribution in [3.8, 4) is 0 Å². The van der Waals surface area contributed by atoms with E-state index in [9.17, 15) is 4.79 Å². The molecule has 1 aromatic heterocycles. The van der Waals surface area contributed by atoms with Crippen LogP contribution in [0.2, 0.25) is 0 Å². The maximum absolute atomic E-state index is 12.4. The van der Waals surface area contributed by atoms with Crippen LogP contribution in [-0.2, 0) is 11.3 Å². The number of piperidine rings is 1. The van der Waals surface area contributed by atoms with Crippen molar-refractivity contribution >= 4 is 22.9 Å². The Hall–Kier alpha value is -2.04. The lowest BCUT2D eigenvalue weighted by molar-refractivity contribution is -0.125. The number of carbonyl (C=O) groups excluding carboxylic acids is 1. The number of benzene rings is 1. The molecule has 2 aromatic rings. The monoisotopic (exact) mass is 354 g/mol. The molecule has 0 spiro atoms. The molecule has 4 rings (SSSR count). The second kappa shape index (κ2) is 7.68. The van der Waals surface area contributed by atoms with E-state index in [0.29, 0.717) is 11.9 Å². The zero-order chi connectivity index (χ0) is 17.9. The minimum atomic E-state index is 0.266. The second-order valence-electron chi connectivity index (χ2n) is 7.80. The first-order valence-electron chi connectivity index (χ1n) is 10.3. The van der Waals surface area contributed by atoms with Gasteiger partial charge in [0, 0.05) is 31.6 Å². The third kappa shape index (κ3) is 3.44. The van der Waals surface area contributed by atoms with E-state index in [1.54, 1.807) is 0 Å². The number of rotatable bonds is 5. The number of aromatic nitrogens is 2. The Morgan fingerprint density at radius 3 is 2.62 bits per heavy atom. The van der Waals surface area contributed by atoms with E-state index in [4.69, 9.17) is 4.98 Å². The van der Waals surface area contributed by atoms with Gasteiger partial charge in [-0.1, -0.05) is 31.9 Å². The summed E-state index contributed by atoms with van der Waals surface area (Å²) in [5.41, 5.74) is 2.30. The summed E-state index contributed by atoms with van der Waals surface area (Å²) in [5.74, 6) is 1.65. The van der Waals surface area contributed by atoms with E-state index in [0.717, 1.165) is 63.2 Å². The van der Waals surface area contributed by atoms with Gasteiger partial charge in [-0.25, -0.2) is 4.98 Å². The number of nitrogens with zero attached hydrogens (tertiary/aromatic N) is 3. The van der Waals surface area contributed by atoms with Gasteiger partial charge < -0.3 is 14.8 Å². The number of amides is 1. The molecular formula is C21H30N4O. The summed E-state index contributed by atoms with van der Waals surface area (Å²) >= 11 is 0. The number of carbonyl (C=O) groups is 1. The molecule has 5 heteroatoms. The zero-order valence-corrected chi connectivity index (χ0v) is 15.8. The van der Waals surface area contributed by atoms with Crippen LogP contribution >= 0.6 is 0 Å². The molecule has 2 aliphatic rings. The van der Waals surface area contributed by atoms with Crippen LogP contribution < -0.4 is 10.2 Å². The average molecular weight is 354 g/mol. The molecule has 0 radical (unpaired) electrons. The van der Waals surface area contributed by atoms with Crippen molar-refractivity contribution in [1.29, 1.82) is 0 Å². The van der Waals surface area contributed by atoms with Crippen molar-refractivity contribution in [3.05, 3.63) is 24.3 Å². The van der Waals surface area contributed by atoms with Gasteiger partial charge in [0.05, 0.1) is 11.0 Å². The quantitative estimate of drug-likeness (QED) is 0.890. The lowest BCUT2D eigenvalue weighted by Gasteiger charge is -2.33. The Kier molecular flexibility index (Phi) is 5.14. The third-order valence-electron chi connectivity index (χ3n) is 5.93. The SMILES string of the molecule is CCCn1c(N2CCC(NC(=O)C3CCCC3)CC2)nc2ccccc21. The molecule has 5 nitrogen and oxygen atoms in total. The van der Waals surface area contributed by atoms with Crippen LogP contribution in [0.25, 0.3) is 11.0 Å². The van der Waals surface area contributed by atoms with Gasteiger partial charge in [0.25, 0.3) is 0 Å². The molecule has 1 saturated heterocycles. The zero-order valence-electron chi connectivity index (χ0n) is 15.8. The number of para-hydroxylation sites is 2. The highest BCUT2D eigenvalue weighted by atomic mass is 16.1. The standard InChI is InChI=1S/C21H30N4O/c1-2-13-25-19-10-6-5-9-18(19)23-21(25)24-14-11-17(12-15-24)22-20(26)16-7-3-4-8-16/h5-6,9-10,16-17H,2-4,7-8,11-15H2,1H3,(H,22,26). The van der Waals surface area contributed by atoms with E-state index < -0.39 is 0 Å². The van der Waals surface area contributed by atoms with E-state index in [2.05, 4.69) is 46.0 Å². The molecule has 26 heavy (non-hydrogen) atoms. The van der Waals surface area contributed by atoms with Crippen molar-refractivity contribution in [2.24, 2.45) is 5.92 Å². The van der Waals surface area contributed by atoms with Crippen LogP contribution in [0.1, 0.15) is 51.9 Å². The highest BCUT2D eigenvalue weighted by Gasteiger charge is 2.28. The second-order valence-corrected chi connectivity index (χ2v) is 7.80. The first-order valence-corrected chi connectivity index (χ1v) is 10.3. The highest BCUT2D eigenvalue weighted by Crippen LogP contribution is 2.27. The van der Waals surface area contributed by atoms with Crippen LogP contribution in [0.4, 0.5) is 5.95 Å². The molecule has 2 fully saturated rings. The first-order chi connectivity index (χ1) is 12.8. The molecule has 1 aliphatic heterocycles. The Balaban J connectivity index is 1.42. The topological polar surface area (TPSA) is 50.2 Å². The van der Waals surface area contributed by atoms with Gasteiger partial charge in [-0.3, -0.25) is 4.79 Å². The molecule has 1 aliphatic carbocycles. The predicted molar refractivity (Wildman–Crippen MR) is 105 cm³/mol. The van der Waals surface area contributed by atoms with Crippen LogP contribution in [0.5, 0.6) is 0 Å². The minimum absolute atomic E-state index is 0.266. The number of fused-ring (bicyclic) bond motifs is 1. The fraction of sp³-hybridized carbons (Fsp3) is 0.619. The summed E-state index contributed by atoms with van der Waals surface area (Å²) in [4.78, 5) is 19.7. The molecule has 0 atom stereocenters. The number of nitrogens with one attached hydrogen (secondary N) is 1. The Morgan fingerprint density at radius 1 is 1.15 bits per heavy atom. The summed E-state index contributed by atoms with van der Waals surface area (Å²) in [6.07, 6.45) is 7.69. The van der Waals surface area contributed by atoms with Gasteiger partial charge >= 0.3 is 0 Å². The van der Waals surface area contributed by atoms with Gasteiger partial charge in [-0.05, 0) is 44.2 Å². The lowest BCUT2D eigenvalue weighted by atomic mass is 10.0. The van der Waals surface area contributed by atoms with Gasteiger partial charge in [0.2, 0.25) is 11.9 Å². The number of anilines is 1. The Labute approximate surface area is 155 Å². The summed E-state index contributed by atoms with van der Waals surface area (Å²) in [5, 5.41) is 3.31.